The minimum absolute atomic E-state index is 0.298. The Balaban J connectivity index is 2.04. The van der Waals surface area contributed by atoms with E-state index < -0.39 is 5.97 Å². The van der Waals surface area contributed by atoms with Gasteiger partial charge in [-0.25, -0.2) is 9.78 Å². The van der Waals surface area contributed by atoms with Gasteiger partial charge in [0.05, 0.1) is 23.1 Å². The number of fused-ring (bicyclic) bond motifs is 1. The SMILES string of the molecule is CCNc1nc2ccccc2n1Cc1cccc(C(=O)O)c1. The summed E-state index contributed by atoms with van der Waals surface area (Å²) < 4.78 is 2.07. The molecule has 0 spiro atoms. The van der Waals surface area contributed by atoms with Crippen molar-refractivity contribution in [1.29, 1.82) is 0 Å². The molecule has 0 unspecified atom stereocenters. The van der Waals surface area contributed by atoms with Crippen LogP contribution in [-0.4, -0.2) is 27.2 Å². The van der Waals surface area contributed by atoms with Crippen LogP contribution in [0.2, 0.25) is 0 Å². The summed E-state index contributed by atoms with van der Waals surface area (Å²) in [6.07, 6.45) is 0. The molecule has 0 atom stereocenters. The first-order valence-corrected chi connectivity index (χ1v) is 7.20. The summed E-state index contributed by atoms with van der Waals surface area (Å²) in [4.78, 5) is 15.7. The van der Waals surface area contributed by atoms with Gasteiger partial charge in [-0.1, -0.05) is 24.3 Å². The molecule has 22 heavy (non-hydrogen) atoms. The molecule has 0 aliphatic rings. The van der Waals surface area contributed by atoms with Gasteiger partial charge in [-0.3, -0.25) is 0 Å². The van der Waals surface area contributed by atoms with Crippen molar-refractivity contribution in [2.24, 2.45) is 0 Å². The number of carboxylic acids is 1. The lowest BCUT2D eigenvalue weighted by Crippen LogP contribution is -2.08. The van der Waals surface area contributed by atoms with Crippen LogP contribution in [-0.2, 0) is 6.54 Å². The van der Waals surface area contributed by atoms with Gasteiger partial charge >= 0.3 is 5.97 Å². The predicted octanol–water partition coefficient (Wildman–Crippen LogP) is 3.21. The molecule has 5 heteroatoms. The van der Waals surface area contributed by atoms with Crippen LogP contribution in [0.3, 0.4) is 0 Å². The fourth-order valence-electron chi connectivity index (χ4n) is 2.51. The van der Waals surface area contributed by atoms with Crippen LogP contribution in [0.25, 0.3) is 11.0 Å². The third-order valence-corrected chi connectivity index (χ3v) is 3.50. The van der Waals surface area contributed by atoms with E-state index in [1.165, 1.54) is 0 Å². The Bertz CT molecular complexity index is 824. The van der Waals surface area contributed by atoms with Crippen molar-refractivity contribution in [3.63, 3.8) is 0 Å². The summed E-state index contributed by atoms with van der Waals surface area (Å²) in [5, 5.41) is 12.4. The van der Waals surface area contributed by atoms with E-state index in [2.05, 4.69) is 14.9 Å². The Morgan fingerprint density at radius 1 is 1.23 bits per heavy atom. The number of carboxylic acid groups (broad SMARTS) is 1. The van der Waals surface area contributed by atoms with Gasteiger partial charge in [0.1, 0.15) is 0 Å². The van der Waals surface area contributed by atoms with Gasteiger partial charge in [-0.05, 0) is 36.8 Å². The second-order valence-corrected chi connectivity index (χ2v) is 5.05. The highest BCUT2D eigenvalue weighted by molar-refractivity contribution is 5.87. The minimum Gasteiger partial charge on any atom is -0.478 e. The minimum atomic E-state index is -0.913. The molecule has 2 aromatic carbocycles. The molecule has 0 saturated heterocycles. The summed E-state index contributed by atoms with van der Waals surface area (Å²) >= 11 is 0. The summed E-state index contributed by atoms with van der Waals surface area (Å²) in [7, 11) is 0. The molecule has 0 bridgehead atoms. The van der Waals surface area contributed by atoms with Crippen molar-refractivity contribution in [3.05, 3.63) is 59.7 Å². The first-order chi connectivity index (χ1) is 10.7. The van der Waals surface area contributed by atoms with Gasteiger partial charge in [0.15, 0.2) is 0 Å². The maximum Gasteiger partial charge on any atom is 0.335 e. The number of aromatic carboxylic acids is 1. The Hall–Kier alpha value is -2.82. The lowest BCUT2D eigenvalue weighted by atomic mass is 10.1. The monoisotopic (exact) mass is 295 g/mol. The zero-order valence-corrected chi connectivity index (χ0v) is 12.3. The maximum atomic E-state index is 11.1. The number of anilines is 1. The van der Waals surface area contributed by atoms with E-state index in [4.69, 9.17) is 5.11 Å². The van der Waals surface area contributed by atoms with E-state index in [0.717, 1.165) is 29.1 Å². The second kappa shape index (κ2) is 5.89. The van der Waals surface area contributed by atoms with E-state index in [-0.39, 0.29) is 0 Å². The molecule has 0 amide bonds. The molecule has 3 aromatic rings. The molecule has 5 nitrogen and oxygen atoms in total. The summed E-state index contributed by atoms with van der Waals surface area (Å²) in [5.41, 5.74) is 3.18. The highest BCUT2D eigenvalue weighted by Gasteiger charge is 2.11. The largest absolute Gasteiger partial charge is 0.478 e. The maximum absolute atomic E-state index is 11.1. The van der Waals surface area contributed by atoms with Crippen LogP contribution in [0.1, 0.15) is 22.8 Å². The lowest BCUT2D eigenvalue weighted by Gasteiger charge is -2.10. The van der Waals surface area contributed by atoms with Crippen LogP contribution in [0.4, 0.5) is 5.95 Å². The molecule has 1 aromatic heterocycles. The molecule has 112 valence electrons. The molecule has 2 N–H and O–H groups in total. The number of nitrogens with zero attached hydrogens (tertiary/aromatic N) is 2. The second-order valence-electron chi connectivity index (χ2n) is 5.05. The van der Waals surface area contributed by atoms with Crippen LogP contribution in [0.15, 0.2) is 48.5 Å². The number of para-hydroxylation sites is 2. The highest BCUT2D eigenvalue weighted by atomic mass is 16.4. The summed E-state index contributed by atoms with van der Waals surface area (Å²) in [6.45, 7) is 3.37. The van der Waals surface area contributed by atoms with Crippen molar-refractivity contribution in [3.8, 4) is 0 Å². The quantitative estimate of drug-likeness (QED) is 0.758. The Morgan fingerprint density at radius 3 is 2.82 bits per heavy atom. The number of carbonyl (C=O) groups is 1. The van der Waals surface area contributed by atoms with E-state index >= 15 is 0 Å². The smallest absolute Gasteiger partial charge is 0.335 e. The van der Waals surface area contributed by atoms with Crippen molar-refractivity contribution in [2.75, 3.05) is 11.9 Å². The number of nitrogens with one attached hydrogen (secondary N) is 1. The van der Waals surface area contributed by atoms with Crippen LogP contribution in [0, 0.1) is 0 Å². The molecule has 0 radical (unpaired) electrons. The molecule has 0 saturated carbocycles. The van der Waals surface area contributed by atoms with Crippen molar-refractivity contribution >= 4 is 23.0 Å². The van der Waals surface area contributed by atoms with E-state index in [9.17, 15) is 4.79 Å². The lowest BCUT2D eigenvalue weighted by molar-refractivity contribution is 0.0696. The van der Waals surface area contributed by atoms with Gasteiger partial charge < -0.3 is 15.0 Å². The van der Waals surface area contributed by atoms with Crippen LogP contribution < -0.4 is 5.32 Å². The number of hydrogen-bond donors (Lipinski definition) is 2. The number of benzene rings is 2. The van der Waals surface area contributed by atoms with Crippen LogP contribution >= 0.6 is 0 Å². The van der Waals surface area contributed by atoms with Gasteiger partial charge in [0.2, 0.25) is 5.95 Å². The topological polar surface area (TPSA) is 67.2 Å². The third-order valence-electron chi connectivity index (χ3n) is 3.50. The zero-order valence-electron chi connectivity index (χ0n) is 12.3. The fourth-order valence-corrected chi connectivity index (χ4v) is 2.51. The normalized spacial score (nSPS) is 10.8. The molecular weight excluding hydrogens is 278 g/mol. The van der Waals surface area contributed by atoms with Crippen molar-refractivity contribution in [2.45, 2.75) is 13.5 Å². The van der Waals surface area contributed by atoms with E-state index in [1.807, 2.05) is 37.3 Å². The number of aromatic nitrogens is 2. The summed E-state index contributed by atoms with van der Waals surface area (Å²) in [5.74, 6) is -0.117. The molecular formula is C17H17N3O2. The predicted molar refractivity (Wildman–Crippen MR) is 86.4 cm³/mol. The van der Waals surface area contributed by atoms with E-state index in [1.54, 1.807) is 18.2 Å². The zero-order chi connectivity index (χ0) is 15.5. The average molecular weight is 295 g/mol. The number of rotatable bonds is 5. The molecule has 0 aliphatic carbocycles. The van der Waals surface area contributed by atoms with Gasteiger partial charge in [-0.15, -0.1) is 0 Å². The van der Waals surface area contributed by atoms with E-state index in [0.29, 0.717) is 12.1 Å². The molecule has 3 rings (SSSR count). The third kappa shape index (κ3) is 2.65. The molecule has 0 fully saturated rings. The van der Waals surface area contributed by atoms with Gasteiger partial charge in [-0.2, -0.15) is 0 Å². The highest BCUT2D eigenvalue weighted by Crippen LogP contribution is 2.21. The van der Waals surface area contributed by atoms with Crippen LogP contribution in [0.5, 0.6) is 0 Å². The Kier molecular flexibility index (Phi) is 3.78. The standard InChI is InChI=1S/C17H17N3O2/c1-2-18-17-19-14-8-3-4-9-15(14)20(17)11-12-6-5-7-13(10-12)16(21)22/h3-10H,2,11H2,1H3,(H,18,19)(H,21,22). The Labute approximate surface area is 128 Å². The molecule has 0 aliphatic heterocycles. The van der Waals surface area contributed by atoms with Gasteiger partial charge in [0, 0.05) is 6.54 Å². The fraction of sp³-hybridized carbons (Fsp3) is 0.176. The number of hydrogen-bond acceptors (Lipinski definition) is 3. The average Bonchev–Trinajstić information content (AvgIpc) is 2.86. The number of imidazole rings is 1. The first kappa shape index (κ1) is 14.1. The Morgan fingerprint density at radius 2 is 2.05 bits per heavy atom. The molecule has 1 heterocycles. The van der Waals surface area contributed by atoms with Crippen molar-refractivity contribution < 1.29 is 9.90 Å². The van der Waals surface area contributed by atoms with Gasteiger partial charge in [0.25, 0.3) is 0 Å². The first-order valence-electron chi connectivity index (χ1n) is 7.20. The van der Waals surface area contributed by atoms with Crippen molar-refractivity contribution in [1.82, 2.24) is 9.55 Å². The summed E-state index contributed by atoms with van der Waals surface area (Å²) in [6, 6.07) is 14.9.